The van der Waals surface area contributed by atoms with Crippen LogP contribution in [0.3, 0.4) is 0 Å². The van der Waals surface area contributed by atoms with Crippen molar-refractivity contribution in [1.82, 2.24) is 4.98 Å². The fourth-order valence-corrected chi connectivity index (χ4v) is 1.75. The highest BCUT2D eigenvalue weighted by Gasteiger charge is 2.11. The predicted octanol–water partition coefficient (Wildman–Crippen LogP) is 3.14. The Hall–Kier alpha value is -1.31. The molecule has 0 unspecified atom stereocenters. The molecule has 0 spiro atoms. The van der Waals surface area contributed by atoms with E-state index in [9.17, 15) is 0 Å². The van der Waals surface area contributed by atoms with E-state index in [0.29, 0.717) is 0 Å². The average Bonchev–Trinajstić information content (AvgIpc) is 3.09. The van der Waals surface area contributed by atoms with Crippen LogP contribution in [0.15, 0.2) is 30.0 Å². The van der Waals surface area contributed by atoms with Crippen molar-refractivity contribution in [2.75, 3.05) is 18.0 Å². The van der Waals surface area contributed by atoms with Crippen LogP contribution in [0.4, 0.5) is 5.82 Å². The van der Waals surface area contributed by atoms with Gasteiger partial charge in [-0.15, -0.1) is 0 Å². The molecule has 85 valence electrons. The third kappa shape index (κ3) is 3.09. The minimum Gasteiger partial charge on any atom is -0.356 e. The molecular weight excluding hydrogens is 196 g/mol. The van der Waals surface area contributed by atoms with Gasteiger partial charge in [0.05, 0.1) is 0 Å². The maximum atomic E-state index is 4.49. The number of anilines is 1. The van der Waals surface area contributed by atoms with E-state index in [2.05, 4.69) is 48.4 Å². The number of hydrogen-bond acceptors (Lipinski definition) is 2. The van der Waals surface area contributed by atoms with Gasteiger partial charge in [-0.2, -0.15) is 0 Å². The summed E-state index contributed by atoms with van der Waals surface area (Å²) in [4.78, 5) is 6.86. The van der Waals surface area contributed by atoms with Gasteiger partial charge in [-0.25, -0.2) is 4.98 Å². The summed E-state index contributed by atoms with van der Waals surface area (Å²) >= 11 is 0. The molecule has 0 amide bonds. The summed E-state index contributed by atoms with van der Waals surface area (Å²) in [6.45, 7) is 6.45. The van der Waals surface area contributed by atoms with Crippen LogP contribution in [0.1, 0.15) is 25.3 Å². The molecule has 2 rings (SSSR count). The summed E-state index contributed by atoms with van der Waals surface area (Å²) in [5.74, 6) is 1.11. The van der Waals surface area contributed by atoms with E-state index in [4.69, 9.17) is 0 Å². The largest absolute Gasteiger partial charge is 0.356 e. The number of aromatic nitrogens is 1. The lowest BCUT2D eigenvalue weighted by atomic mass is 10.2. The summed E-state index contributed by atoms with van der Waals surface area (Å²) in [5.41, 5.74) is 2.70. The zero-order valence-corrected chi connectivity index (χ0v) is 10.1. The second-order valence-electron chi connectivity index (χ2n) is 4.34. The van der Waals surface area contributed by atoms with Gasteiger partial charge in [0.2, 0.25) is 0 Å². The first-order chi connectivity index (χ1) is 7.79. The Balaban J connectivity index is 1.98. The van der Waals surface area contributed by atoms with Gasteiger partial charge in [-0.1, -0.05) is 24.6 Å². The van der Waals surface area contributed by atoms with Gasteiger partial charge in [0.15, 0.2) is 0 Å². The van der Waals surface area contributed by atoms with Gasteiger partial charge in [-0.05, 0) is 31.4 Å². The molecule has 0 aromatic carbocycles. The van der Waals surface area contributed by atoms with Crippen LogP contribution in [0.2, 0.25) is 0 Å². The Morgan fingerprint density at radius 3 is 2.62 bits per heavy atom. The number of rotatable bonds is 6. The first-order valence-electron chi connectivity index (χ1n) is 6.01. The maximum Gasteiger partial charge on any atom is 0.128 e. The van der Waals surface area contributed by atoms with Crippen molar-refractivity contribution in [1.29, 1.82) is 0 Å². The van der Waals surface area contributed by atoms with E-state index < -0.39 is 0 Å². The highest BCUT2D eigenvalue weighted by atomic mass is 15.2. The van der Waals surface area contributed by atoms with Crippen LogP contribution >= 0.6 is 0 Å². The molecule has 1 heterocycles. The third-order valence-corrected chi connectivity index (χ3v) is 2.79. The van der Waals surface area contributed by atoms with Crippen LogP contribution in [-0.2, 0) is 0 Å². The number of hydrogen-bond donors (Lipinski definition) is 0. The molecule has 1 aromatic rings. The van der Waals surface area contributed by atoms with Gasteiger partial charge < -0.3 is 4.90 Å². The van der Waals surface area contributed by atoms with Crippen molar-refractivity contribution in [3.05, 3.63) is 42.0 Å². The van der Waals surface area contributed by atoms with Crippen LogP contribution < -0.4 is 4.90 Å². The monoisotopic (exact) mass is 215 g/mol. The van der Waals surface area contributed by atoms with E-state index in [0.717, 1.165) is 31.7 Å². The van der Waals surface area contributed by atoms with Gasteiger partial charge in [0.25, 0.3) is 0 Å². The molecule has 1 aliphatic carbocycles. The van der Waals surface area contributed by atoms with Gasteiger partial charge >= 0.3 is 0 Å². The molecule has 0 N–H and O–H groups in total. The molecular formula is C14H19N2. The predicted molar refractivity (Wildman–Crippen MR) is 68.5 cm³/mol. The Bertz CT molecular complexity index is 365. The van der Waals surface area contributed by atoms with Gasteiger partial charge in [0.1, 0.15) is 5.82 Å². The molecule has 0 fully saturated rings. The third-order valence-electron chi connectivity index (χ3n) is 2.79. The van der Waals surface area contributed by atoms with E-state index >= 15 is 0 Å². The smallest absolute Gasteiger partial charge is 0.128 e. The van der Waals surface area contributed by atoms with Crippen molar-refractivity contribution in [2.24, 2.45) is 0 Å². The second kappa shape index (κ2) is 5.15. The number of aryl methyl sites for hydroxylation is 1. The standard InChI is InChI=1S/C14H19N2/c1-3-9-16(10-8-13-5-6-13)14-7-4-12(2)11-15-14/h4-7,11H,3,8-10H2,1-2H3. The molecule has 2 nitrogen and oxygen atoms in total. The summed E-state index contributed by atoms with van der Waals surface area (Å²) in [7, 11) is 0. The van der Waals surface area contributed by atoms with Crippen LogP contribution in [0, 0.1) is 13.3 Å². The quantitative estimate of drug-likeness (QED) is 0.724. The minimum absolute atomic E-state index is 1.08. The zero-order valence-electron chi connectivity index (χ0n) is 10.1. The van der Waals surface area contributed by atoms with E-state index in [-0.39, 0.29) is 0 Å². The second-order valence-corrected chi connectivity index (χ2v) is 4.34. The molecule has 0 saturated carbocycles. The lowest BCUT2D eigenvalue weighted by Gasteiger charge is -2.22. The fourth-order valence-electron chi connectivity index (χ4n) is 1.75. The van der Waals surface area contributed by atoms with E-state index in [1.54, 1.807) is 0 Å². The SMILES string of the molecule is CCCN(CCC1=C[CH]1)c1ccc(C)cn1. The molecule has 2 heteroatoms. The summed E-state index contributed by atoms with van der Waals surface area (Å²) < 4.78 is 0. The van der Waals surface area contributed by atoms with Gasteiger partial charge in [0, 0.05) is 25.7 Å². The minimum atomic E-state index is 1.08. The Labute approximate surface area is 98.0 Å². The number of pyridine rings is 1. The van der Waals surface area contributed by atoms with E-state index in [1.807, 2.05) is 6.20 Å². The highest BCUT2D eigenvalue weighted by Crippen LogP contribution is 2.22. The molecule has 1 aromatic heterocycles. The average molecular weight is 215 g/mol. The Morgan fingerprint density at radius 2 is 2.06 bits per heavy atom. The summed E-state index contributed by atoms with van der Waals surface area (Å²) in [5, 5.41) is 0. The normalized spacial score (nSPS) is 13.5. The summed E-state index contributed by atoms with van der Waals surface area (Å²) in [6.07, 6.45) is 8.63. The fraction of sp³-hybridized carbons (Fsp3) is 0.429. The first-order valence-corrected chi connectivity index (χ1v) is 6.01. The lowest BCUT2D eigenvalue weighted by Crippen LogP contribution is -2.26. The molecule has 0 atom stereocenters. The van der Waals surface area contributed by atoms with Crippen molar-refractivity contribution < 1.29 is 0 Å². The lowest BCUT2D eigenvalue weighted by molar-refractivity contribution is 0.749. The van der Waals surface area contributed by atoms with Crippen molar-refractivity contribution >= 4 is 5.82 Å². The van der Waals surface area contributed by atoms with Crippen LogP contribution in [0.5, 0.6) is 0 Å². The zero-order chi connectivity index (χ0) is 11.4. The molecule has 0 aliphatic heterocycles. The van der Waals surface area contributed by atoms with E-state index in [1.165, 1.54) is 11.1 Å². The van der Waals surface area contributed by atoms with Crippen molar-refractivity contribution in [3.8, 4) is 0 Å². The number of nitrogens with zero attached hydrogens (tertiary/aromatic N) is 2. The van der Waals surface area contributed by atoms with Crippen molar-refractivity contribution in [3.63, 3.8) is 0 Å². The molecule has 0 bridgehead atoms. The summed E-state index contributed by atoms with van der Waals surface area (Å²) in [6, 6.07) is 4.25. The van der Waals surface area contributed by atoms with Crippen LogP contribution in [-0.4, -0.2) is 18.1 Å². The van der Waals surface area contributed by atoms with Crippen LogP contribution in [0.25, 0.3) is 0 Å². The van der Waals surface area contributed by atoms with Crippen molar-refractivity contribution in [2.45, 2.75) is 26.7 Å². The maximum absolute atomic E-state index is 4.49. The molecule has 0 saturated heterocycles. The highest BCUT2D eigenvalue weighted by molar-refractivity contribution is 5.42. The van der Waals surface area contributed by atoms with Gasteiger partial charge in [-0.3, -0.25) is 0 Å². The Kier molecular flexibility index (Phi) is 3.60. The molecule has 1 radical (unpaired) electrons. The number of allylic oxidation sites excluding steroid dienone is 1. The molecule has 1 aliphatic rings. The first kappa shape index (κ1) is 11.2. The molecule has 16 heavy (non-hydrogen) atoms. The topological polar surface area (TPSA) is 16.1 Å². The Morgan fingerprint density at radius 1 is 1.25 bits per heavy atom.